The van der Waals surface area contributed by atoms with Gasteiger partial charge < -0.3 is 20.7 Å². The maximum absolute atomic E-state index is 10.9. The average molecular weight is 660 g/mol. The highest BCUT2D eigenvalue weighted by Crippen LogP contribution is 2.34. The molecule has 2 rings (SSSR count). The number of carboxylic acids is 1. The quantitative estimate of drug-likeness (QED) is 0.334. The summed E-state index contributed by atoms with van der Waals surface area (Å²) >= 11 is 6.33. The molecular weight excluding hydrogens is 648 g/mol. The molecule has 1 unspecified atom stereocenters. The smallest absolute Gasteiger partial charge is 0.320 e. The molecule has 122 valence electrons. The second-order valence-corrected chi connectivity index (χ2v) is 8.24. The number of hydrogen-bond acceptors (Lipinski definition) is 4. The van der Waals surface area contributed by atoms with Crippen LogP contribution in [0.1, 0.15) is 5.56 Å². The van der Waals surface area contributed by atoms with Gasteiger partial charge in [-0.3, -0.25) is 4.79 Å². The summed E-state index contributed by atoms with van der Waals surface area (Å²) in [7, 11) is 0. The lowest BCUT2D eigenvalue weighted by atomic mass is 10.3. The second kappa shape index (κ2) is 8.16. The Labute approximate surface area is 174 Å². The Hall–Kier alpha value is -0.340. The number of carbonyl (C=O) groups is 1. The summed E-state index contributed by atoms with van der Waals surface area (Å²) in [5.41, 5.74) is 6.43. The summed E-state index contributed by atoms with van der Waals surface area (Å²) in [6, 6.07) is 7.83. The normalized spacial score (nSPS) is 12.0. The summed E-state index contributed by atoms with van der Waals surface area (Å²) in [5, 5.41) is 18.5. The lowest BCUT2D eigenvalue weighted by Crippen LogP contribution is -2.32. The molecule has 1 atom stereocenters. The van der Waals surface area contributed by atoms with E-state index in [1.54, 1.807) is 18.2 Å². The van der Waals surface area contributed by atoms with Crippen LogP contribution in [-0.4, -0.2) is 22.2 Å². The second-order valence-electron chi connectivity index (χ2n) is 4.75. The predicted molar refractivity (Wildman–Crippen MR) is 112 cm³/mol. The number of aliphatic carboxylic acids is 1. The van der Waals surface area contributed by atoms with Crippen molar-refractivity contribution in [2.45, 2.75) is 12.5 Å². The minimum absolute atomic E-state index is 0.209. The zero-order valence-electron chi connectivity index (χ0n) is 11.6. The van der Waals surface area contributed by atoms with E-state index in [0.29, 0.717) is 15.1 Å². The Bertz CT molecular complexity index is 728. The van der Waals surface area contributed by atoms with Crippen LogP contribution in [0.3, 0.4) is 0 Å². The van der Waals surface area contributed by atoms with Crippen molar-refractivity contribution < 1.29 is 19.7 Å². The van der Waals surface area contributed by atoms with Gasteiger partial charge >= 0.3 is 5.97 Å². The van der Waals surface area contributed by atoms with Crippen LogP contribution in [0.5, 0.6) is 17.2 Å². The molecule has 4 N–H and O–H groups in total. The van der Waals surface area contributed by atoms with E-state index in [2.05, 4.69) is 45.2 Å². The molecule has 0 bridgehead atoms. The fraction of sp³-hybridized carbons (Fsp3) is 0.133. The number of aromatic hydroxyl groups is 1. The summed E-state index contributed by atoms with van der Waals surface area (Å²) in [4.78, 5) is 10.9. The fourth-order valence-corrected chi connectivity index (χ4v) is 4.44. The lowest BCUT2D eigenvalue weighted by Gasteiger charge is -2.13. The lowest BCUT2D eigenvalue weighted by molar-refractivity contribution is -0.138. The number of rotatable bonds is 5. The Morgan fingerprint density at radius 1 is 1.13 bits per heavy atom. The minimum Gasteiger partial charge on any atom is -0.507 e. The van der Waals surface area contributed by atoms with Crippen molar-refractivity contribution >= 4 is 73.7 Å². The van der Waals surface area contributed by atoms with E-state index in [9.17, 15) is 9.90 Å². The minimum atomic E-state index is -1.02. The van der Waals surface area contributed by atoms with E-state index in [-0.39, 0.29) is 12.2 Å². The molecule has 0 heterocycles. The summed E-state index contributed by atoms with van der Waals surface area (Å²) in [6.07, 6.45) is 0.263. The van der Waals surface area contributed by atoms with Crippen molar-refractivity contribution in [1.29, 1.82) is 0 Å². The number of phenolic OH excluding ortho intramolecular Hbond substituents is 1. The molecule has 23 heavy (non-hydrogen) atoms. The first kappa shape index (κ1) is 19.0. The van der Waals surface area contributed by atoms with E-state index >= 15 is 0 Å². The number of ether oxygens (including phenoxy) is 1. The first-order valence-electron chi connectivity index (χ1n) is 6.40. The molecule has 0 aromatic heterocycles. The van der Waals surface area contributed by atoms with Crippen molar-refractivity contribution in [1.82, 2.24) is 0 Å². The maximum Gasteiger partial charge on any atom is 0.320 e. The Balaban J connectivity index is 2.26. The van der Waals surface area contributed by atoms with Crippen LogP contribution in [0.4, 0.5) is 0 Å². The van der Waals surface area contributed by atoms with Crippen LogP contribution in [0.25, 0.3) is 0 Å². The molecule has 0 saturated carbocycles. The van der Waals surface area contributed by atoms with Gasteiger partial charge in [-0.1, -0.05) is 0 Å². The standard InChI is InChI=1S/C15H12I3NO4/c16-9-6-8(1-2-13(9)20)23-14-10(17)3-7(4-11(14)18)5-12(19)15(21)22/h1-4,6,12,20H,5,19H2,(H,21,22)/i3+1,4+1,5+1,7+1,10+1,11+1,12+1,14+1,15+1. The van der Waals surface area contributed by atoms with Gasteiger partial charge in [0.1, 0.15) is 17.5 Å². The molecule has 0 aliphatic heterocycles. The SMILES string of the molecule is N[13CH]([13CH2][13c]1[13cH][13c](I)[13c](Oc2ccc(O)c(I)c2)[13c](I)[13cH]1)[13C](=O)O. The Kier molecular flexibility index (Phi) is 6.74. The summed E-state index contributed by atoms with van der Waals surface area (Å²) in [5.74, 6) is 0.507. The van der Waals surface area contributed by atoms with Gasteiger partial charge in [0.05, 0.1) is 10.7 Å². The van der Waals surface area contributed by atoms with Crippen molar-refractivity contribution in [3.05, 3.63) is 46.6 Å². The summed E-state index contributed by atoms with van der Waals surface area (Å²) in [6.45, 7) is 0. The molecule has 0 radical (unpaired) electrons. The maximum atomic E-state index is 10.9. The van der Waals surface area contributed by atoms with E-state index in [0.717, 1.165) is 12.7 Å². The van der Waals surface area contributed by atoms with E-state index < -0.39 is 12.0 Å². The Morgan fingerprint density at radius 3 is 2.26 bits per heavy atom. The molecular formula is C15H12I3NO4. The first-order chi connectivity index (χ1) is 10.8. The van der Waals surface area contributed by atoms with Crippen molar-refractivity contribution in [2.75, 3.05) is 0 Å². The van der Waals surface area contributed by atoms with Gasteiger partial charge in [-0.05, 0) is 110 Å². The number of benzene rings is 2. The zero-order chi connectivity index (χ0) is 17.1. The van der Waals surface area contributed by atoms with Gasteiger partial charge in [-0.15, -0.1) is 0 Å². The molecule has 0 saturated heterocycles. The average Bonchev–Trinajstić information content (AvgIpc) is 2.46. The Morgan fingerprint density at radius 2 is 1.74 bits per heavy atom. The zero-order valence-corrected chi connectivity index (χ0v) is 18.1. The van der Waals surface area contributed by atoms with E-state index in [1.165, 1.54) is 0 Å². The van der Waals surface area contributed by atoms with Gasteiger partial charge in [0.25, 0.3) is 0 Å². The number of hydrogen-bond donors (Lipinski definition) is 3. The molecule has 0 aliphatic carbocycles. The largest absolute Gasteiger partial charge is 0.507 e. The molecule has 2 aromatic rings. The first-order valence-corrected chi connectivity index (χ1v) is 9.64. The molecule has 5 nitrogen and oxygen atoms in total. The van der Waals surface area contributed by atoms with Crippen molar-refractivity contribution in [3.8, 4) is 17.2 Å². The third-order valence-corrected chi connectivity index (χ3v) is 5.44. The fourth-order valence-electron chi connectivity index (χ4n) is 1.84. The predicted octanol–water partition coefficient (Wildman–Crippen LogP) is 3.95. The summed E-state index contributed by atoms with van der Waals surface area (Å²) < 4.78 is 8.34. The van der Waals surface area contributed by atoms with Gasteiger partial charge in [-0.2, -0.15) is 0 Å². The van der Waals surface area contributed by atoms with Crippen LogP contribution in [0.15, 0.2) is 30.3 Å². The van der Waals surface area contributed by atoms with Crippen molar-refractivity contribution in [2.24, 2.45) is 5.73 Å². The molecule has 0 spiro atoms. The molecule has 0 amide bonds. The molecule has 0 aliphatic rings. The molecule has 2 aromatic carbocycles. The van der Waals surface area contributed by atoms with E-state index in [4.69, 9.17) is 15.6 Å². The highest BCUT2D eigenvalue weighted by Gasteiger charge is 2.16. The number of phenols is 1. The monoisotopic (exact) mass is 660 g/mol. The number of halogens is 3. The highest BCUT2D eigenvalue weighted by molar-refractivity contribution is 14.1. The van der Waals surface area contributed by atoms with Crippen LogP contribution >= 0.6 is 67.8 Å². The van der Waals surface area contributed by atoms with Gasteiger partial charge in [0, 0.05) is 0 Å². The van der Waals surface area contributed by atoms with Crippen LogP contribution < -0.4 is 10.5 Å². The third-order valence-electron chi connectivity index (χ3n) is 2.97. The third kappa shape index (κ3) is 5.06. The van der Waals surface area contributed by atoms with Gasteiger partial charge in [0.2, 0.25) is 0 Å². The highest BCUT2D eigenvalue weighted by atomic mass is 127. The molecule has 0 fully saturated rings. The van der Waals surface area contributed by atoms with Crippen LogP contribution in [0.2, 0.25) is 0 Å². The number of carboxylic acid groups (broad SMARTS) is 1. The van der Waals surface area contributed by atoms with Gasteiger partial charge in [0.15, 0.2) is 5.75 Å². The van der Waals surface area contributed by atoms with Crippen LogP contribution in [0, 0.1) is 10.7 Å². The molecule has 8 heteroatoms. The van der Waals surface area contributed by atoms with Crippen LogP contribution in [-0.2, 0) is 11.2 Å². The van der Waals surface area contributed by atoms with Gasteiger partial charge in [-0.25, -0.2) is 0 Å². The van der Waals surface area contributed by atoms with E-state index in [1.807, 2.05) is 34.7 Å². The van der Waals surface area contributed by atoms with Crippen molar-refractivity contribution in [3.63, 3.8) is 0 Å². The topological polar surface area (TPSA) is 92.8 Å². The number of nitrogens with two attached hydrogens (primary N) is 1.